The number of hydrogen-bond acceptors (Lipinski definition) is 6. The predicted molar refractivity (Wildman–Crippen MR) is 127 cm³/mol. The van der Waals surface area contributed by atoms with E-state index in [-0.39, 0.29) is 40.3 Å². The Morgan fingerprint density at radius 2 is 1.76 bits per heavy atom. The first kappa shape index (κ1) is 27.4. The van der Waals surface area contributed by atoms with Crippen molar-refractivity contribution in [3.8, 4) is 11.6 Å². The van der Waals surface area contributed by atoms with E-state index in [1.165, 1.54) is 37.3 Å². The van der Waals surface area contributed by atoms with Gasteiger partial charge in [0.05, 0.1) is 4.90 Å². The number of carbonyl (C=O) groups excluding carboxylic acids is 1. The summed E-state index contributed by atoms with van der Waals surface area (Å²) < 4.78 is 99.8. The molecule has 4 rings (SSSR count). The Kier molecular flexibility index (Phi) is 6.93. The van der Waals surface area contributed by atoms with Crippen LogP contribution in [0.25, 0.3) is 0 Å². The zero-order valence-electron chi connectivity index (χ0n) is 20.4. The number of halogens is 5. The third-order valence-electron chi connectivity index (χ3n) is 6.37. The SMILES string of the molecule is Cc1c(Oc2nnc(C(F)(F)F)c(C)c2C(=O)Nc2cccc(S(C)(=O)=O)c2)ccc(C2(F)CCC2)c1F. The summed E-state index contributed by atoms with van der Waals surface area (Å²) >= 11 is 0. The summed E-state index contributed by atoms with van der Waals surface area (Å²) in [7, 11) is -3.64. The molecular formula is C25H22F5N3O4S. The topological polar surface area (TPSA) is 98.2 Å². The number of carbonyl (C=O) groups is 1. The van der Waals surface area contributed by atoms with Crippen LogP contribution in [0.5, 0.6) is 11.6 Å². The summed E-state index contributed by atoms with van der Waals surface area (Å²) in [6, 6.07) is 7.54. The number of anilines is 1. The van der Waals surface area contributed by atoms with Crippen LogP contribution >= 0.6 is 0 Å². The fourth-order valence-electron chi connectivity index (χ4n) is 4.09. The molecule has 0 atom stereocenters. The third kappa shape index (κ3) is 5.19. The Hall–Kier alpha value is -3.61. The van der Waals surface area contributed by atoms with Gasteiger partial charge in [-0.25, -0.2) is 17.2 Å². The Balaban J connectivity index is 1.76. The van der Waals surface area contributed by atoms with Gasteiger partial charge in [0.1, 0.15) is 22.8 Å². The average molecular weight is 556 g/mol. The first-order valence-electron chi connectivity index (χ1n) is 11.3. The van der Waals surface area contributed by atoms with E-state index in [1.807, 2.05) is 0 Å². The Morgan fingerprint density at radius 1 is 1.08 bits per heavy atom. The van der Waals surface area contributed by atoms with Gasteiger partial charge in [0, 0.05) is 23.1 Å². The molecule has 1 aliphatic rings. The number of sulfone groups is 1. The summed E-state index contributed by atoms with van der Waals surface area (Å²) in [4.78, 5) is 13.0. The normalized spacial score (nSPS) is 15.1. The molecule has 1 amide bonds. The van der Waals surface area contributed by atoms with Crippen molar-refractivity contribution in [2.75, 3.05) is 11.6 Å². The lowest BCUT2D eigenvalue weighted by atomic mass is 9.76. The highest BCUT2D eigenvalue weighted by Gasteiger charge is 2.42. The fourth-order valence-corrected chi connectivity index (χ4v) is 4.76. The van der Waals surface area contributed by atoms with Gasteiger partial charge in [0.15, 0.2) is 15.5 Å². The molecule has 202 valence electrons. The monoisotopic (exact) mass is 555 g/mol. The minimum Gasteiger partial charge on any atom is -0.437 e. The van der Waals surface area contributed by atoms with Crippen molar-refractivity contribution in [1.29, 1.82) is 0 Å². The second-order valence-corrected chi connectivity index (χ2v) is 11.1. The lowest BCUT2D eigenvalue weighted by molar-refractivity contribution is -0.142. The predicted octanol–water partition coefficient (Wildman–Crippen LogP) is 6.05. The van der Waals surface area contributed by atoms with E-state index in [1.54, 1.807) is 0 Å². The van der Waals surface area contributed by atoms with E-state index >= 15 is 4.39 Å². The van der Waals surface area contributed by atoms with Crippen molar-refractivity contribution in [3.05, 3.63) is 70.2 Å². The molecule has 0 unspecified atom stereocenters. The second kappa shape index (κ2) is 9.61. The minimum atomic E-state index is -4.96. The first-order valence-corrected chi connectivity index (χ1v) is 13.2. The molecule has 1 aliphatic carbocycles. The van der Waals surface area contributed by atoms with Crippen LogP contribution in [0.4, 0.5) is 27.6 Å². The van der Waals surface area contributed by atoms with E-state index in [2.05, 4.69) is 15.5 Å². The standard InChI is InChI=1S/C25H22F5N3O4S/c1-13-18(9-8-17(20(13)26)24(27)10-5-11-24)37-23-19(14(2)21(32-33-23)25(28,29)30)22(34)31-15-6-4-7-16(12-15)38(3,35)36/h4,6-9,12H,5,10-11H2,1-3H3,(H,31,34). The van der Waals surface area contributed by atoms with E-state index < -0.39 is 56.1 Å². The molecule has 1 saturated carbocycles. The van der Waals surface area contributed by atoms with Crippen LogP contribution in [0, 0.1) is 19.7 Å². The van der Waals surface area contributed by atoms with Gasteiger partial charge in [-0.05, 0) is 69.0 Å². The number of alkyl halides is 4. The van der Waals surface area contributed by atoms with Crippen molar-refractivity contribution < 1.29 is 39.9 Å². The summed E-state index contributed by atoms with van der Waals surface area (Å²) in [5, 5.41) is 8.95. The molecule has 1 N–H and O–H groups in total. The smallest absolute Gasteiger partial charge is 0.435 e. The van der Waals surface area contributed by atoms with Gasteiger partial charge >= 0.3 is 6.18 Å². The zero-order valence-corrected chi connectivity index (χ0v) is 21.2. The summed E-state index contributed by atoms with van der Waals surface area (Å²) in [5.74, 6) is -2.82. The maximum atomic E-state index is 15.0. The van der Waals surface area contributed by atoms with Gasteiger partial charge in [-0.15, -0.1) is 10.2 Å². The molecule has 0 saturated heterocycles. The number of hydrogen-bond donors (Lipinski definition) is 1. The van der Waals surface area contributed by atoms with E-state index in [0.29, 0.717) is 6.42 Å². The summed E-state index contributed by atoms with van der Waals surface area (Å²) in [6.45, 7) is 2.29. The number of nitrogens with one attached hydrogen (secondary N) is 1. The van der Waals surface area contributed by atoms with Crippen LogP contribution in [-0.2, 0) is 21.7 Å². The van der Waals surface area contributed by atoms with Crippen LogP contribution in [-0.4, -0.2) is 30.8 Å². The van der Waals surface area contributed by atoms with Crippen LogP contribution in [0.3, 0.4) is 0 Å². The van der Waals surface area contributed by atoms with Gasteiger partial charge in [-0.2, -0.15) is 13.2 Å². The molecule has 1 aromatic heterocycles. The second-order valence-electron chi connectivity index (χ2n) is 9.08. The van der Waals surface area contributed by atoms with Crippen molar-refractivity contribution in [3.63, 3.8) is 0 Å². The molecule has 1 fully saturated rings. The minimum absolute atomic E-state index is 0.0195. The molecule has 3 aromatic rings. The maximum Gasteiger partial charge on any atom is 0.435 e. The first-order chi connectivity index (χ1) is 17.6. The van der Waals surface area contributed by atoms with Crippen molar-refractivity contribution in [2.24, 2.45) is 0 Å². The van der Waals surface area contributed by atoms with E-state index in [0.717, 1.165) is 19.2 Å². The molecule has 13 heteroatoms. The molecule has 0 aliphatic heterocycles. The number of aromatic nitrogens is 2. The molecule has 2 aromatic carbocycles. The van der Waals surface area contributed by atoms with Gasteiger partial charge in [-0.3, -0.25) is 4.79 Å². The molecular weight excluding hydrogens is 533 g/mol. The molecule has 38 heavy (non-hydrogen) atoms. The van der Waals surface area contributed by atoms with Crippen LogP contribution in [0.1, 0.15) is 52.0 Å². The molecule has 0 radical (unpaired) electrons. The Bertz CT molecular complexity index is 1540. The number of amides is 1. The van der Waals surface area contributed by atoms with E-state index in [4.69, 9.17) is 4.74 Å². The zero-order chi connectivity index (χ0) is 28.0. The van der Waals surface area contributed by atoms with Gasteiger partial charge < -0.3 is 10.1 Å². The lowest BCUT2D eigenvalue weighted by Crippen LogP contribution is -2.30. The molecule has 0 bridgehead atoms. The van der Waals surface area contributed by atoms with Crippen LogP contribution < -0.4 is 10.1 Å². The van der Waals surface area contributed by atoms with Crippen molar-refractivity contribution in [2.45, 2.75) is 49.9 Å². The van der Waals surface area contributed by atoms with Crippen molar-refractivity contribution in [1.82, 2.24) is 10.2 Å². The number of ether oxygens (including phenoxy) is 1. The van der Waals surface area contributed by atoms with Gasteiger partial charge in [-0.1, -0.05) is 6.07 Å². The number of benzene rings is 2. The lowest BCUT2D eigenvalue weighted by Gasteiger charge is -2.34. The third-order valence-corrected chi connectivity index (χ3v) is 7.48. The largest absolute Gasteiger partial charge is 0.437 e. The highest BCUT2D eigenvalue weighted by Crippen LogP contribution is 2.47. The number of rotatable bonds is 6. The van der Waals surface area contributed by atoms with Crippen LogP contribution in [0.15, 0.2) is 41.3 Å². The Morgan fingerprint density at radius 3 is 2.34 bits per heavy atom. The highest BCUT2D eigenvalue weighted by molar-refractivity contribution is 7.90. The number of nitrogens with zero attached hydrogens (tertiary/aromatic N) is 2. The van der Waals surface area contributed by atoms with Gasteiger partial charge in [0.25, 0.3) is 11.8 Å². The highest BCUT2D eigenvalue weighted by atomic mass is 32.2. The van der Waals surface area contributed by atoms with E-state index in [9.17, 15) is 30.8 Å². The van der Waals surface area contributed by atoms with Gasteiger partial charge in [0.2, 0.25) is 0 Å². The van der Waals surface area contributed by atoms with Crippen LogP contribution in [0.2, 0.25) is 0 Å². The van der Waals surface area contributed by atoms with Crippen molar-refractivity contribution >= 4 is 21.4 Å². The fraction of sp³-hybridized carbons (Fsp3) is 0.320. The summed E-state index contributed by atoms with van der Waals surface area (Å²) in [6.07, 6.45) is -3.06. The summed E-state index contributed by atoms with van der Waals surface area (Å²) in [5.41, 5.74) is -4.81. The Labute approximate surface area is 215 Å². The molecule has 1 heterocycles. The maximum absolute atomic E-state index is 15.0. The molecule has 0 spiro atoms. The molecule has 7 nitrogen and oxygen atoms in total. The quantitative estimate of drug-likeness (QED) is 0.372. The average Bonchev–Trinajstić information content (AvgIpc) is 2.79.